The molecule has 0 radical (unpaired) electrons. The van der Waals surface area contributed by atoms with Gasteiger partial charge in [0.15, 0.2) is 34.9 Å². The van der Waals surface area contributed by atoms with E-state index in [-0.39, 0.29) is 112 Å². The molecule has 2 fully saturated rings. The number of nitriles is 2. The Balaban J connectivity index is 0.000000176. The van der Waals surface area contributed by atoms with E-state index in [0.29, 0.717) is 23.8 Å². The van der Waals surface area contributed by atoms with Gasteiger partial charge in [-0.1, -0.05) is 47.0 Å². The molecule has 12 rings (SSSR count). The van der Waals surface area contributed by atoms with Gasteiger partial charge in [0.25, 0.3) is 20.0 Å². The summed E-state index contributed by atoms with van der Waals surface area (Å²) in [4.78, 5) is 32.1. The van der Waals surface area contributed by atoms with Gasteiger partial charge in [-0.15, -0.1) is 0 Å². The predicted molar refractivity (Wildman–Crippen MR) is 329 cm³/mol. The van der Waals surface area contributed by atoms with Crippen molar-refractivity contribution in [2.45, 2.75) is 99.2 Å². The molecule has 6 aromatic heterocycles. The van der Waals surface area contributed by atoms with Crippen LogP contribution >= 0.6 is 34.8 Å². The van der Waals surface area contributed by atoms with Crippen LogP contribution < -0.4 is 21.7 Å². The molecule has 0 spiro atoms. The SMILES string of the molecule is Cc1ccc(S(=O)(=O)n2cc(-c3ncc(F)c(N[C@@H]4CCC[C@H](N)C4)n3)c3cc(C#N)cc(F)c32)cc1.Cc1ccc(S(=O)(=O)n2cc(-c3ncc(F)c(N[C@@H]4CCC[C@H](Nc5ccnc(Cl)n5)C4)n3)c3cc(C#N)cc(F)c32)cc1.Clc1ccnc(Cl)n1. The average molecular weight is 1310 g/mol. The number of aryl methyl sites for hydroxylation is 2. The smallest absolute Gasteiger partial charge is 0.268 e. The lowest BCUT2D eigenvalue weighted by Gasteiger charge is -2.31. The molecular formula is C60H51Cl3F4N16O4S2. The van der Waals surface area contributed by atoms with Gasteiger partial charge in [0.1, 0.15) is 33.6 Å². The van der Waals surface area contributed by atoms with Crippen molar-refractivity contribution in [3.05, 3.63) is 183 Å². The van der Waals surface area contributed by atoms with Crippen LogP contribution in [-0.4, -0.2) is 88.8 Å². The fourth-order valence-corrected chi connectivity index (χ4v) is 13.6. The van der Waals surface area contributed by atoms with Crippen molar-refractivity contribution >= 4 is 94.1 Å². The summed E-state index contributed by atoms with van der Waals surface area (Å²) < 4.78 is 116. The molecule has 0 unspecified atom stereocenters. The van der Waals surface area contributed by atoms with Crippen LogP contribution in [0.1, 0.15) is 73.6 Å². The number of nitrogens with two attached hydrogens (primary N) is 1. The van der Waals surface area contributed by atoms with Crippen LogP contribution in [0.25, 0.3) is 44.6 Å². The third-order valence-corrected chi connectivity index (χ3v) is 18.6. The van der Waals surface area contributed by atoms with Crippen LogP contribution in [0.5, 0.6) is 0 Å². The molecule has 20 nitrogen and oxygen atoms in total. The first-order chi connectivity index (χ1) is 42.6. The Bertz CT molecular complexity index is 4610. The lowest BCUT2D eigenvalue weighted by Crippen LogP contribution is -2.35. The second-order valence-corrected chi connectivity index (χ2v) is 25.7. The van der Waals surface area contributed by atoms with E-state index in [1.165, 1.54) is 55.0 Å². The number of benzene rings is 4. The molecule has 4 aromatic carbocycles. The molecule has 2 aliphatic carbocycles. The molecule has 2 aliphatic rings. The largest absolute Gasteiger partial charge is 0.367 e. The molecule has 0 aliphatic heterocycles. The molecule has 29 heteroatoms. The maximum atomic E-state index is 15.4. The van der Waals surface area contributed by atoms with Crippen LogP contribution in [0.4, 0.5) is 35.0 Å². The van der Waals surface area contributed by atoms with E-state index < -0.39 is 43.3 Å². The number of hydrogen-bond donors (Lipinski definition) is 4. The number of halogens is 7. The molecule has 0 amide bonds. The van der Waals surface area contributed by atoms with Crippen molar-refractivity contribution in [3.63, 3.8) is 0 Å². The van der Waals surface area contributed by atoms with Gasteiger partial charge in [0.05, 0.1) is 45.4 Å². The van der Waals surface area contributed by atoms with Crippen molar-refractivity contribution in [1.82, 2.24) is 47.8 Å². The van der Waals surface area contributed by atoms with Gasteiger partial charge in [0, 0.05) is 70.9 Å². The highest BCUT2D eigenvalue weighted by molar-refractivity contribution is 7.90. The van der Waals surface area contributed by atoms with E-state index in [1.807, 2.05) is 26.0 Å². The number of rotatable bonds is 12. The van der Waals surface area contributed by atoms with E-state index in [1.54, 1.807) is 42.6 Å². The van der Waals surface area contributed by atoms with E-state index in [9.17, 15) is 31.7 Å². The van der Waals surface area contributed by atoms with Gasteiger partial charge in [0.2, 0.25) is 10.6 Å². The first kappa shape index (κ1) is 63.1. The summed E-state index contributed by atoms with van der Waals surface area (Å²) in [5.41, 5.74) is 7.48. The normalized spacial score (nSPS) is 16.7. The van der Waals surface area contributed by atoms with Crippen LogP contribution in [0, 0.1) is 59.8 Å². The lowest BCUT2D eigenvalue weighted by atomic mass is 9.91. The molecule has 89 heavy (non-hydrogen) atoms. The predicted octanol–water partition coefficient (Wildman–Crippen LogP) is 12.3. The molecular weight excluding hydrogens is 1260 g/mol. The second-order valence-electron chi connectivity index (χ2n) is 21.0. The Labute approximate surface area is 522 Å². The highest BCUT2D eigenvalue weighted by Crippen LogP contribution is 2.38. The molecule has 10 aromatic rings. The minimum atomic E-state index is -4.26. The van der Waals surface area contributed by atoms with Gasteiger partial charge < -0.3 is 21.7 Å². The first-order valence-corrected chi connectivity index (χ1v) is 31.5. The molecule has 6 heterocycles. The van der Waals surface area contributed by atoms with Crippen LogP contribution in [0.3, 0.4) is 0 Å². The Hall–Kier alpha value is -8.89. The zero-order chi connectivity index (χ0) is 63.3. The summed E-state index contributed by atoms with van der Waals surface area (Å²) in [6.45, 7) is 3.64. The summed E-state index contributed by atoms with van der Waals surface area (Å²) in [7, 11) is -8.49. The second kappa shape index (κ2) is 26.8. The van der Waals surface area contributed by atoms with E-state index >= 15 is 13.2 Å². The molecule has 456 valence electrons. The van der Waals surface area contributed by atoms with Crippen molar-refractivity contribution in [2.75, 3.05) is 16.0 Å². The molecule has 5 N–H and O–H groups in total. The maximum absolute atomic E-state index is 15.4. The lowest BCUT2D eigenvalue weighted by molar-refractivity contribution is 0.407. The standard InChI is InChI=1S/C30H25ClF2N8O2S.C26H24F2N6O2S.C4H2Cl2N2/c1-17-5-7-21(8-6-17)44(42,43)41-16-23(22-11-18(14-34)12-24(32)27(22)41)28-36-15-25(33)29(40-28)38-20-4-2-3-19(13-20)37-26-9-10-35-30(31)39-26;1-15-5-7-19(8-6-15)37(35,36)34-14-21(20-9-16(12-29)10-22(27)24(20)34)25-31-13-23(28)26(33-25)32-18-4-2-3-17(30)11-18;5-3-1-2-7-4(6)8-3/h5-12,15-16,19-20H,2-4,13H2,1H3,(H,35,37,39)(H,36,38,40);5-10,13-14,17-18H,2-4,11,30H2,1H3,(H,31,32,33);1-2H/t19-,20+;17-,18+;/m00./s1. The molecule has 0 saturated heterocycles. The summed E-state index contributed by atoms with van der Waals surface area (Å²) in [5, 5.41) is 29.4. The first-order valence-electron chi connectivity index (χ1n) is 27.5. The van der Waals surface area contributed by atoms with Crippen LogP contribution in [0.2, 0.25) is 15.7 Å². The minimum Gasteiger partial charge on any atom is -0.367 e. The minimum absolute atomic E-state index is 0.00612. The van der Waals surface area contributed by atoms with Gasteiger partial charge in [-0.25, -0.2) is 82.2 Å². The summed E-state index contributed by atoms with van der Waals surface area (Å²) in [6.07, 6.45) is 13.8. The Kier molecular flexibility index (Phi) is 19.0. The number of nitrogens with zero attached hydrogens (tertiary/aromatic N) is 12. The average Bonchev–Trinajstić information content (AvgIpc) is 2.93. The van der Waals surface area contributed by atoms with Crippen molar-refractivity contribution in [2.24, 2.45) is 5.73 Å². The monoisotopic (exact) mass is 1300 g/mol. The fourth-order valence-electron chi connectivity index (χ4n) is 10.4. The van der Waals surface area contributed by atoms with Crippen molar-refractivity contribution < 1.29 is 34.4 Å². The Morgan fingerprint density at radius 2 is 0.989 bits per heavy atom. The van der Waals surface area contributed by atoms with Gasteiger partial charge >= 0.3 is 0 Å². The number of fused-ring (bicyclic) bond motifs is 2. The van der Waals surface area contributed by atoms with Crippen LogP contribution in [-0.2, 0) is 20.0 Å². The zero-order valence-corrected chi connectivity index (χ0v) is 51.0. The highest BCUT2D eigenvalue weighted by Gasteiger charge is 2.30. The quantitative estimate of drug-likeness (QED) is 0.0502. The zero-order valence-electron chi connectivity index (χ0n) is 47.1. The van der Waals surface area contributed by atoms with Crippen molar-refractivity contribution in [1.29, 1.82) is 10.5 Å². The fraction of sp³-hybridized carbons (Fsp3) is 0.233. The third-order valence-electron chi connectivity index (χ3n) is 14.7. The van der Waals surface area contributed by atoms with Gasteiger partial charge in [-0.05, 0) is 149 Å². The maximum Gasteiger partial charge on any atom is 0.268 e. The van der Waals surface area contributed by atoms with E-state index in [0.717, 1.165) is 82.1 Å². The highest BCUT2D eigenvalue weighted by atomic mass is 35.5. The number of anilines is 3. The summed E-state index contributed by atoms with van der Waals surface area (Å²) in [5.74, 6) is -2.78. The third kappa shape index (κ3) is 14.3. The van der Waals surface area contributed by atoms with E-state index in [2.05, 4.69) is 55.8 Å². The van der Waals surface area contributed by atoms with Crippen molar-refractivity contribution in [3.8, 4) is 34.9 Å². The molecule has 2 saturated carbocycles. The summed E-state index contributed by atoms with van der Waals surface area (Å²) in [6, 6.07) is 23.8. The molecule has 4 atom stereocenters. The molecule has 0 bridgehead atoms. The topological polar surface area (TPSA) is 291 Å². The Morgan fingerprint density at radius 3 is 1.42 bits per heavy atom. The summed E-state index contributed by atoms with van der Waals surface area (Å²) >= 11 is 16.7. The van der Waals surface area contributed by atoms with E-state index in [4.69, 9.17) is 40.5 Å². The van der Waals surface area contributed by atoms with Gasteiger partial charge in [-0.3, -0.25) is 0 Å². The Morgan fingerprint density at radius 1 is 0.551 bits per heavy atom. The number of aromatic nitrogens is 10. The number of nitrogens with one attached hydrogen (secondary N) is 3. The van der Waals surface area contributed by atoms with Crippen LogP contribution in [0.15, 0.2) is 132 Å². The van der Waals surface area contributed by atoms with Gasteiger partial charge in [-0.2, -0.15) is 10.5 Å². The number of hydrogen-bond acceptors (Lipinski definition) is 18.